The number of aliphatic hydroxyl groups is 1. The SMILES string of the molecule is Cc1oc2ccccc2c1CNC(C)(C)CCO. The molecule has 0 unspecified atom stereocenters. The molecule has 98 valence electrons. The minimum Gasteiger partial charge on any atom is -0.461 e. The molecule has 0 amide bonds. The first kappa shape index (κ1) is 13.1. The van der Waals surface area contributed by atoms with E-state index in [-0.39, 0.29) is 12.1 Å². The topological polar surface area (TPSA) is 45.4 Å². The molecule has 3 nitrogen and oxygen atoms in total. The number of aryl methyl sites for hydroxylation is 1. The van der Waals surface area contributed by atoms with E-state index in [0.29, 0.717) is 0 Å². The summed E-state index contributed by atoms with van der Waals surface area (Å²) in [4.78, 5) is 0. The average molecular weight is 247 g/mol. The third-order valence-corrected chi connectivity index (χ3v) is 3.38. The molecule has 0 saturated heterocycles. The Bertz CT molecular complexity index is 528. The van der Waals surface area contributed by atoms with E-state index in [1.165, 1.54) is 10.9 Å². The summed E-state index contributed by atoms with van der Waals surface area (Å²) in [5.74, 6) is 0.962. The summed E-state index contributed by atoms with van der Waals surface area (Å²) in [7, 11) is 0. The molecular formula is C15H21NO2. The van der Waals surface area contributed by atoms with Crippen LogP contribution in [0.5, 0.6) is 0 Å². The predicted octanol–water partition coefficient (Wildman–Crippen LogP) is 2.99. The second-order valence-corrected chi connectivity index (χ2v) is 5.34. The molecular weight excluding hydrogens is 226 g/mol. The number of rotatable bonds is 5. The zero-order valence-corrected chi connectivity index (χ0v) is 11.3. The molecule has 0 aliphatic heterocycles. The molecule has 0 atom stereocenters. The molecule has 2 N–H and O–H groups in total. The Morgan fingerprint density at radius 1 is 1.28 bits per heavy atom. The molecule has 3 heteroatoms. The summed E-state index contributed by atoms with van der Waals surface area (Å²) in [6.45, 7) is 7.15. The van der Waals surface area contributed by atoms with Crippen molar-refractivity contribution in [3.63, 3.8) is 0 Å². The van der Waals surface area contributed by atoms with Crippen molar-refractivity contribution < 1.29 is 9.52 Å². The summed E-state index contributed by atoms with van der Waals surface area (Å²) >= 11 is 0. The number of hydrogen-bond acceptors (Lipinski definition) is 3. The zero-order chi connectivity index (χ0) is 13.2. The van der Waals surface area contributed by atoms with E-state index in [1.807, 2.05) is 25.1 Å². The number of aliphatic hydroxyl groups excluding tert-OH is 1. The van der Waals surface area contributed by atoms with Crippen molar-refractivity contribution in [3.8, 4) is 0 Å². The lowest BCUT2D eigenvalue weighted by atomic mass is 10.0. The number of hydrogen-bond donors (Lipinski definition) is 2. The van der Waals surface area contributed by atoms with Gasteiger partial charge in [-0.05, 0) is 33.3 Å². The first-order chi connectivity index (χ1) is 8.53. The third-order valence-electron chi connectivity index (χ3n) is 3.38. The number of nitrogens with one attached hydrogen (secondary N) is 1. The second kappa shape index (κ2) is 5.12. The Hall–Kier alpha value is -1.32. The van der Waals surface area contributed by atoms with E-state index >= 15 is 0 Å². The Morgan fingerprint density at radius 2 is 2.00 bits per heavy atom. The Morgan fingerprint density at radius 3 is 2.72 bits per heavy atom. The molecule has 1 aromatic heterocycles. The van der Waals surface area contributed by atoms with Crippen LogP contribution in [-0.2, 0) is 6.54 Å². The molecule has 0 spiro atoms. The van der Waals surface area contributed by atoms with Crippen LogP contribution in [0.2, 0.25) is 0 Å². The number of fused-ring (bicyclic) bond motifs is 1. The highest BCUT2D eigenvalue weighted by molar-refractivity contribution is 5.82. The van der Waals surface area contributed by atoms with E-state index in [2.05, 4.69) is 25.2 Å². The van der Waals surface area contributed by atoms with Gasteiger partial charge in [-0.3, -0.25) is 0 Å². The van der Waals surface area contributed by atoms with Gasteiger partial charge in [0.15, 0.2) is 0 Å². The van der Waals surface area contributed by atoms with E-state index in [9.17, 15) is 0 Å². The van der Waals surface area contributed by atoms with Gasteiger partial charge in [-0.25, -0.2) is 0 Å². The van der Waals surface area contributed by atoms with Gasteiger partial charge in [0, 0.05) is 29.6 Å². The Kier molecular flexibility index (Phi) is 3.73. The van der Waals surface area contributed by atoms with Crippen LogP contribution in [-0.4, -0.2) is 17.3 Å². The van der Waals surface area contributed by atoms with E-state index < -0.39 is 0 Å². The maximum Gasteiger partial charge on any atom is 0.134 e. The highest BCUT2D eigenvalue weighted by Gasteiger charge is 2.18. The van der Waals surface area contributed by atoms with Gasteiger partial charge < -0.3 is 14.8 Å². The normalized spacial score (nSPS) is 12.2. The molecule has 18 heavy (non-hydrogen) atoms. The van der Waals surface area contributed by atoms with Crippen LogP contribution >= 0.6 is 0 Å². The third kappa shape index (κ3) is 2.74. The van der Waals surface area contributed by atoms with Crippen molar-refractivity contribution in [1.29, 1.82) is 0 Å². The lowest BCUT2D eigenvalue weighted by molar-refractivity contribution is 0.230. The highest BCUT2D eigenvalue weighted by Crippen LogP contribution is 2.25. The monoisotopic (exact) mass is 247 g/mol. The van der Waals surface area contributed by atoms with E-state index in [4.69, 9.17) is 9.52 Å². The van der Waals surface area contributed by atoms with Crippen molar-refractivity contribution in [2.24, 2.45) is 0 Å². The average Bonchev–Trinajstić information content (AvgIpc) is 2.62. The van der Waals surface area contributed by atoms with E-state index in [1.54, 1.807) is 0 Å². The van der Waals surface area contributed by atoms with Gasteiger partial charge in [0.1, 0.15) is 11.3 Å². The largest absolute Gasteiger partial charge is 0.461 e. The molecule has 0 bridgehead atoms. The number of para-hydroxylation sites is 1. The molecule has 0 radical (unpaired) electrons. The fourth-order valence-corrected chi connectivity index (χ4v) is 2.14. The lowest BCUT2D eigenvalue weighted by Crippen LogP contribution is -2.39. The van der Waals surface area contributed by atoms with Crippen molar-refractivity contribution in [3.05, 3.63) is 35.6 Å². The summed E-state index contributed by atoms with van der Waals surface area (Å²) in [5.41, 5.74) is 2.07. The number of furan rings is 1. The fraction of sp³-hybridized carbons (Fsp3) is 0.467. The van der Waals surface area contributed by atoms with Gasteiger partial charge in [-0.1, -0.05) is 18.2 Å². The molecule has 2 aromatic rings. The maximum atomic E-state index is 9.03. The molecule has 0 saturated carbocycles. The minimum atomic E-state index is -0.0699. The number of benzene rings is 1. The van der Waals surface area contributed by atoms with Gasteiger partial charge in [0.2, 0.25) is 0 Å². The van der Waals surface area contributed by atoms with Crippen LogP contribution in [0, 0.1) is 6.92 Å². The van der Waals surface area contributed by atoms with Crippen molar-refractivity contribution >= 4 is 11.0 Å². The van der Waals surface area contributed by atoms with Crippen LogP contribution in [0.4, 0.5) is 0 Å². The summed E-state index contributed by atoms with van der Waals surface area (Å²) in [6, 6.07) is 8.09. The zero-order valence-electron chi connectivity index (χ0n) is 11.3. The fourth-order valence-electron chi connectivity index (χ4n) is 2.14. The molecule has 0 aliphatic carbocycles. The van der Waals surface area contributed by atoms with Crippen LogP contribution in [0.25, 0.3) is 11.0 Å². The van der Waals surface area contributed by atoms with Gasteiger partial charge in [-0.2, -0.15) is 0 Å². The first-order valence-electron chi connectivity index (χ1n) is 6.36. The van der Waals surface area contributed by atoms with Crippen LogP contribution < -0.4 is 5.32 Å². The van der Waals surface area contributed by atoms with Gasteiger partial charge in [0.05, 0.1) is 0 Å². The van der Waals surface area contributed by atoms with Crippen molar-refractivity contribution in [2.75, 3.05) is 6.61 Å². The molecule has 0 aliphatic rings. The quantitative estimate of drug-likeness (QED) is 0.853. The molecule has 1 aromatic carbocycles. The minimum absolute atomic E-state index is 0.0699. The second-order valence-electron chi connectivity index (χ2n) is 5.34. The summed E-state index contributed by atoms with van der Waals surface area (Å²) < 4.78 is 5.73. The summed E-state index contributed by atoms with van der Waals surface area (Å²) in [6.07, 6.45) is 0.738. The van der Waals surface area contributed by atoms with Crippen LogP contribution in [0.3, 0.4) is 0 Å². The molecule has 2 rings (SSSR count). The smallest absolute Gasteiger partial charge is 0.134 e. The molecule has 1 heterocycles. The molecule has 0 fully saturated rings. The summed E-state index contributed by atoms with van der Waals surface area (Å²) in [5, 5.41) is 13.7. The highest BCUT2D eigenvalue weighted by atomic mass is 16.3. The maximum absolute atomic E-state index is 9.03. The Labute approximate surface area is 108 Å². The van der Waals surface area contributed by atoms with Gasteiger partial charge >= 0.3 is 0 Å². The lowest BCUT2D eigenvalue weighted by Gasteiger charge is -2.25. The van der Waals surface area contributed by atoms with Crippen LogP contribution in [0.1, 0.15) is 31.6 Å². The first-order valence-corrected chi connectivity index (χ1v) is 6.36. The van der Waals surface area contributed by atoms with Gasteiger partial charge in [-0.15, -0.1) is 0 Å². The standard InChI is InChI=1S/C15H21NO2/c1-11-13(10-16-15(2,3)8-9-17)12-6-4-5-7-14(12)18-11/h4-7,16-17H,8-10H2,1-3H3. The predicted molar refractivity (Wildman–Crippen MR) is 73.6 cm³/mol. The van der Waals surface area contributed by atoms with Gasteiger partial charge in [0.25, 0.3) is 0 Å². The van der Waals surface area contributed by atoms with Crippen molar-refractivity contribution in [2.45, 2.75) is 39.3 Å². The van der Waals surface area contributed by atoms with Crippen LogP contribution in [0.15, 0.2) is 28.7 Å². The van der Waals surface area contributed by atoms with Crippen molar-refractivity contribution in [1.82, 2.24) is 5.32 Å². The Balaban J connectivity index is 2.19. The van der Waals surface area contributed by atoms with E-state index in [0.717, 1.165) is 24.3 Å².